The Morgan fingerprint density at radius 3 is 1.15 bits per heavy atom. The van der Waals surface area contributed by atoms with E-state index in [-0.39, 0.29) is 10.8 Å². The molecule has 0 heteroatoms. The highest BCUT2D eigenvalue weighted by Gasteiger charge is 2.39. The molecule has 0 atom stereocenters. The van der Waals surface area contributed by atoms with Crippen molar-refractivity contribution in [3.05, 3.63) is 96.1 Å². The monoisotopic (exact) mass is 338 g/mol. The third-order valence-electron chi connectivity index (χ3n) is 6.50. The molecule has 4 aromatic carbocycles. The Labute approximate surface area is 156 Å². The Morgan fingerprint density at radius 2 is 0.769 bits per heavy atom. The minimum Gasteiger partial charge on any atom is -0.0616 e. The normalized spacial score (nSPS) is 12.6. The van der Waals surface area contributed by atoms with Crippen LogP contribution in [0.2, 0.25) is 0 Å². The number of hydrogen-bond acceptors (Lipinski definition) is 0. The first-order valence-electron chi connectivity index (χ1n) is 9.38. The predicted molar refractivity (Wildman–Crippen MR) is 114 cm³/mol. The summed E-state index contributed by atoms with van der Waals surface area (Å²) >= 11 is 0. The summed E-state index contributed by atoms with van der Waals surface area (Å²) in [6.45, 7) is 9.47. The van der Waals surface area contributed by atoms with Crippen LogP contribution in [0.5, 0.6) is 0 Å². The van der Waals surface area contributed by atoms with Gasteiger partial charge in [-0.2, -0.15) is 0 Å². The summed E-state index contributed by atoms with van der Waals surface area (Å²) in [5.74, 6) is 0. The molecule has 4 rings (SSSR count). The SMILES string of the molecule is CC(C)(c1ccc2ccccc2c1)C(C)(C)c1ccc2ccccc2c1. The number of rotatable bonds is 3. The molecule has 0 amide bonds. The topological polar surface area (TPSA) is 0 Å². The third kappa shape index (κ3) is 2.61. The zero-order valence-electron chi connectivity index (χ0n) is 16.1. The average Bonchev–Trinajstić information content (AvgIpc) is 2.67. The van der Waals surface area contributed by atoms with Crippen molar-refractivity contribution < 1.29 is 0 Å². The van der Waals surface area contributed by atoms with E-state index in [4.69, 9.17) is 0 Å². The van der Waals surface area contributed by atoms with Crippen LogP contribution in [0.15, 0.2) is 84.9 Å². The Kier molecular flexibility index (Phi) is 3.88. The van der Waals surface area contributed by atoms with Crippen molar-refractivity contribution in [1.82, 2.24) is 0 Å². The van der Waals surface area contributed by atoms with E-state index in [0.717, 1.165) is 0 Å². The highest BCUT2D eigenvalue weighted by Crippen LogP contribution is 2.44. The van der Waals surface area contributed by atoms with Gasteiger partial charge >= 0.3 is 0 Å². The van der Waals surface area contributed by atoms with E-state index in [1.807, 2.05) is 0 Å². The van der Waals surface area contributed by atoms with Gasteiger partial charge < -0.3 is 0 Å². The highest BCUT2D eigenvalue weighted by atomic mass is 14.4. The summed E-state index contributed by atoms with van der Waals surface area (Å²) in [4.78, 5) is 0. The summed E-state index contributed by atoms with van der Waals surface area (Å²) < 4.78 is 0. The highest BCUT2D eigenvalue weighted by molar-refractivity contribution is 5.84. The van der Waals surface area contributed by atoms with Gasteiger partial charge in [-0.05, 0) is 43.5 Å². The van der Waals surface area contributed by atoms with Crippen LogP contribution in [0.4, 0.5) is 0 Å². The zero-order valence-corrected chi connectivity index (χ0v) is 16.1. The van der Waals surface area contributed by atoms with Crippen molar-refractivity contribution >= 4 is 21.5 Å². The second-order valence-corrected chi connectivity index (χ2v) is 8.37. The molecule has 0 bridgehead atoms. The van der Waals surface area contributed by atoms with E-state index in [2.05, 4.69) is 113 Å². The lowest BCUT2D eigenvalue weighted by atomic mass is 9.61. The molecule has 0 heterocycles. The molecule has 26 heavy (non-hydrogen) atoms. The molecule has 0 saturated carbocycles. The van der Waals surface area contributed by atoms with E-state index in [9.17, 15) is 0 Å². The van der Waals surface area contributed by atoms with Crippen molar-refractivity contribution in [2.24, 2.45) is 0 Å². The molecule has 0 fully saturated rings. The molecule has 0 N–H and O–H groups in total. The minimum atomic E-state index is -0.000507. The number of fused-ring (bicyclic) bond motifs is 2. The number of benzene rings is 4. The first-order valence-corrected chi connectivity index (χ1v) is 9.38. The summed E-state index contributed by atoms with van der Waals surface area (Å²) in [6, 6.07) is 31.0. The van der Waals surface area contributed by atoms with E-state index in [1.54, 1.807) is 0 Å². The molecule has 0 aliphatic heterocycles. The quantitative estimate of drug-likeness (QED) is 0.369. The smallest absolute Gasteiger partial charge is 0.00118 e. The molecule has 4 aromatic rings. The first-order chi connectivity index (χ1) is 12.4. The van der Waals surface area contributed by atoms with Crippen molar-refractivity contribution in [3.63, 3.8) is 0 Å². The maximum atomic E-state index is 2.37. The summed E-state index contributed by atoms with van der Waals surface area (Å²) in [5.41, 5.74) is 2.77. The first kappa shape index (κ1) is 16.8. The molecule has 0 aliphatic carbocycles. The fraction of sp³-hybridized carbons (Fsp3) is 0.231. The summed E-state index contributed by atoms with van der Waals surface area (Å²) in [5, 5.41) is 5.23. The fourth-order valence-electron chi connectivity index (χ4n) is 3.88. The summed E-state index contributed by atoms with van der Waals surface area (Å²) in [7, 11) is 0. The molecular formula is C26H26. The number of hydrogen-bond donors (Lipinski definition) is 0. The third-order valence-corrected chi connectivity index (χ3v) is 6.50. The average molecular weight is 338 g/mol. The second-order valence-electron chi connectivity index (χ2n) is 8.37. The molecular weight excluding hydrogens is 312 g/mol. The van der Waals surface area contributed by atoms with Gasteiger partial charge in [-0.15, -0.1) is 0 Å². The standard InChI is InChI=1S/C26H26/c1-25(2,23-15-13-19-9-5-7-11-21(19)17-23)26(3,4)24-16-14-20-10-6-8-12-22(20)18-24/h5-18H,1-4H3. The van der Waals surface area contributed by atoms with Gasteiger partial charge in [-0.25, -0.2) is 0 Å². The maximum absolute atomic E-state index is 2.37. The van der Waals surface area contributed by atoms with Gasteiger partial charge in [0.15, 0.2) is 0 Å². The molecule has 0 unspecified atom stereocenters. The van der Waals surface area contributed by atoms with Crippen LogP contribution in [-0.4, -0.2) is 0 Å². The van der Waals surface area contributed by atoms with Crippen LogP contribution in [0.3, 0.4) is 0 Å². The largest absolute Gasteiger partial charge is 0.0616 e. The van der Waals surface area contributed by atoms with Gasteiger partial charge in [0.1, 0.15) is 0 Å². The Hall–Kier alpha value is -2.60. The Morgan fingerprint density at radius 1 is 0.423 bits per heavy atom. The molecule has 0 nitrogen and oxygen atoms in total. The van der Waals surface area contributed by atoms with Crippen LogP contribution in [0.1, 0.15) is 38.8 Å². The van der Waals surface area contributed by atoms with E-state index >= 15 is 0 Å². The van der Waals surface area contributed by atoms with Gasteiger partial charge in [0.2, 0.25) is 0 Å². The second kappa shape index (κ2) is 5.99. The van der Waals surface area contributed by atoms with Crippen LogP contribution >= 0.6 is 0 Å². The van der Waals surface area contributed by atoms with Crippen molar-refractivity contribution in [2.75, 3.05) is 0 Å². The fourth-order valence-corrected chi connectivity index (χ4v) is 3.88. The molecule has 0 spiro atoms. The minimum absolute atomic E-state index is 0.000507. The van der Waals surface area contributed by atoms with Gasteiger partial charge in [-0.3, -0.25) is 0 Å². The van der Waals surface area contributed by atoms with Crippen LogP contribution in [0, 0.1) is 0 Å². The summed E-state index contributed by atoms with van der Waals surface area (Å²) in [6.07, 6.45) is 0. The molecule has 0 saturated heterocycles. The molecule has 0 aromatic heterocycles. The van der Waals surface area contributed by atoms with Gasteiger partial charge in [-0.1, -0.05) is 113 Å². The van der Waals surface area contributed by atoms with Crippen LogP contribution in [0.25, 0.3) is 21.5 Å². The lowest BCUT2D eigenvalue weighted by molar-refractivity contribution is 0.303. The van der Waals surface area contributed by atoms with E-state index in [1.165, 1.54) is 32.7 Å². The van der Waals surface area contributed by atoms with Crippen molar-refractivity contribution in [3.8, 4) is 0 Å². The van der Waals surface area contributed by atoms with Crippen molar-refractivity contribution in [2.45, 2.75) is 38.5 Å². The Bertz CT molecular complexity index is 994. The van der Waals surface area contributed by atoms with E-state index in [0.29, 0.717) is 0 Å². The Balaban J connectivity index is 1.82. The molecule has 130 valence electrons. The maximum Gasteiger partial charge on any atom is -0.00118 e. The lowest BCUT2D eigenvalue weighted by Crippen LogP contribution is -2.40. The zero-order chi connectivity index (χ0) is 18.4. The van der Waals surface area contributed by atoms with Gasteiger partial charge in [0, 0.05) is 0 Å². The van der Waals surface area contributed by atoms with Gasteiger partial charge in [0.25, 0.3) is 0 Å². The van der Waals surface area contributed by atoms with E-state index < -0.39 is 0 Å². The van der Waals surface area contributed by atoms with Gasteiger partial charge in [0.05, 0.1) is 0 Å². The van der Waals surface area contributed by atoms with Crippen molar-refractivity contribution in [1.29, 1.82) is 0 Å². The predicted octanol–water partition coefficient (Wildman–Crippen LogP) is 7.25. The lowest BCUT2D eigenvalue weighted by Gasteiger charge is -2.43. The molecule has 0 radical (unpaired) electrons. The molecule has 0 aliphatic rings. The van der Waals surface area contributed by atoms with Crippen LogP contribution < -0.4 is 0 Å². The van der Waals surface area contributed by atoms with Crippen LogP contribution in [-0.2, 0) is 10.8 Å².